The van der Waals surface area contributed by atoms with Gasteiger partial charge in [0.1, 0.15) is 6.04 Å². The van der Waals surface area contributed by atoms with Crippen LogP contribution in [0.5, 0.6) is 0 Å². The molecular formula is C22H21F3N4O4. The van der Waals surface area contributed by atoms with Gasteiger partial charge in [-0.1, -0.05) is 24.3 Å². The summed E-state index contributed by atoms with van der Waals surface area (Å²) in [5.41, 5.74) is 7.00. The maximum absolute atomic E-state index is 13.9. The summed E-state index contributed by atoms with van der Waals surface area (Å²) in [4.78, 5) is 38.9. The average molecular weight is 462 g/mol. The summed E-state index contributed by atoms with van der Waals surface area (Å²) < 4.78 is 47.0. The molecule has 11 heteroatoms. The molecule has 0 aromatic heterocycles. The standard InChI is InChI=1S/C22H21F3N4O4/c1-11(2)33-19(31)17-16(13-5-3-4-6-14(13)22(23,24)25)21(10-26,20(28)32)15-8-7-12(18(27)30)9-29(15)17/h3-9,11,15-17H,1-2H3,(H2,27,30)(H2,28,32)/t15-,16-,17+,21-/m0/s1. The molecule has 0 saturated carbocycles. The summed E-state index contributed by atoms with van der Waals surface area (Å²) in [6.07, 6.45) is -1.86. The van der Waals surface area contributed by atoms with Crippen molar-refractivity contribution in [2.45, 2.75) is 44.1 Å². The molecule has 0 unspecified atom stereocenters. The Kier molecular flexibility index (Phi) is 5.98. The predicted octanol–water partition coefficient (Wildman–Crippen LogP) is 1.73. The molecule has 2 heterocycles. The van der Waals surface area contributed by atoms with Crippen molar-refractivity contribution in [2.24, 2.45) is 16.9 Å². The molecule has 33 heavy (non-hydrogen) atoms. The van der Waals surface area contributed by atoms with Crippen molar-refractivity contribution in [2.75, 3.05) is 0 Å². The number of carbonyl (C=O) groups is 3. The van der Waals surface area contributed by atoms with Crippen LogP contribution in [0.2, 0.25) is 0 Å². The van der Waals surface area contributed by atoms with Crippen LogP contribution in [0.4, 0.5) is 13.2 Å². The van der Waals surface area contributed by atoms with Gasteiger partial charge < -0.3 is 21.1 Å². The van der Waals surface area contributed by atoms with Crippen molar-refractivity contribution in [3.8, 4) is 6.07 Å². The first-order valence-electron chi connectivity index (χ1n) is 9.91. The molecule has 1 aromatic rings. The van der Waals surface area contributed by atoms with E-state index in [4.69, 9.17) is 16.2 Å². The zero-order valence-corrected chi connectivity index (χ0v) is 17.7. The van der Waals surface area contributed by atoms with Crippen LogP contribution in [-0.4, -0.2) is 40.9 Å². The van der Waals surface area contributed by atoms with E-state index in [9.17, 15) is 32.8 Å². The zero-order valence-electron chi connectivity index (χ0n) is 17.7. The van der Waals surface area contributed by atoms with Crippen molar-refractivity contribution in [1.29, 1.82) is 5.26 Å². The third kappa shape index (κ3) is 3.82. The van der Waals surface area contributed by atoms with E-state index in [1.54, 1.807) is 6.07 Å². The van der Waals surface area contributed by atoms with Crippen molar-refractivity contribution >= 4 is 17.8 Å². The number of fused-ring (bicyclic) bond motifs is 1. The molecule has 4 atom stereocenters. The van der Waals surface area contributed by atoms with Crippen LogP contribution in [0.25, 0.3) is 0 Å². The number of primary amides is 2. The van der Waals surface area contributed by atoms with Gasteiger partial charge in [0.15, 0.2) is 5.41 Å². The lowest BCUT2D eigenvalue weighted by atomic mass is 9.67. The molecule has 1 saturated heterocycles. The molecule has 0 radical (unpaired) electrons. The van der Waals surface area contributed by atoms with Gasteiger partial charge in [0.2, 0.25) is 11.8 Å². The highest BCUT2D eigenvalue weighted by Gasteiger charge is 2.66. The maximum atomic E-state index is 13.9. The smallest absolute Gasteiger partial charge is 0.416 e. The van der Waals surface area contributed by atoms with E-state index in [1.807, 2.05) is 0 Å². The van der Waals surface area contributed by atoms with E-state index in [0.717, 1.165) is 29.3 Å². The summed E-state index contributed by atoms with van der Waals surface area (Å²) >= 11 is 0. The van der Waals surface area contributed by atoms with Crippen LogP contribution in [0.15, 0.2) is 48.2 Å². The second-order valence-corrected chi connectivity index (χ2v) is 8.04. The van der Waals surface area contributed by atoms with Gasteiger partial charge in [-0.05, 0) is 31.6 Å². The number of ether oxygens (including phenoxy) is 1. The lowest BCUT2D eigenvalue weighted by Gasteiger charge is -2.32. The molecule has 0 bridgehead atoms. The number of nitriles is 1. The molecule has 4 N–H and O–H groups in total. The summed E-state index contributed by atoms with van der Waals surface area (Å²) in [5, 5.41) is 10.2. The lowest BCUT2D eigenvalue weighted by Crippen LogP contribution is -2.48. The van der Waals surface area contributed by atoms with Crippen LogP contribution in [-0.2, 0) is 25.3 Å². The van der Waals surface area contributed by atoms with Gasteiger partial charge in [0.25, 0.3) is 0 Å². The SMILES string of the molecule is CC(C)OC(=O)[C@H]1[C@H](c2ccccc2C(F)(F)F)[C@@](C#N)(C(N)=O)[C@@H]2C=CC(C(N)=O)=CN21. The third-order valence-electron chi connectivity index (χ3n) is 5.73. The predicted molar refractivity (Wildman–Crippen MR) is 108 cm³/mol. The number of carbonyl (C=O) groups excluding carboxylic acids is 3. The Labute approximate surface area is 187 Å². The minimum Gasteiger partial charge on any atom is -0.461 e. The lowest BCUT2D eigenvalue weighted by molar-refractivity contribution is -0.153. The molecule has 2 amide bonds. The van der Waals surface area contributed by atoms with E-state index in [2.05, 4.69) is 0 Å². The molecule has 8 nitrogen and oxygen atoms in total. The van der Waals surface area contributed by atoms with E-state index in [-0.39, 0.29) is 5.57 Å². The minimum absolute atomic E-state index is 0.0744. The normalized spacial score (nSPS) is 26.4. The van der Waals surface area contributed by atoms with Gasteiger partial charge in [0.05, 0.1) is 29.4 Å². The number of hydrogen-bond acceptors (Lipinski definition) is 6. The Balaban J connectivity index is 2.37. The number of halogens is 3. The quantitative estimate of drug-likeness (QED) is 0.639. The Morgan fingerprint density at radius 1 is 1.21 bits per heavy atom. The summed E-state index contributed by atoms with van der Waals surface area (Å²) in [6.45, 7) is 3.07. The second-order valence-electron chi connectivity index (χ2n) is 8.04. The fourth-order valence-corrected chi connectivity index (χ4v) is 4.46. The molecule has 3 rings (SSSR count). The molecule has 0 spiro atoms. The molecule has 2 aliphatic rings. The van der Waals surface area contributed by atoms with Crippen LogP contribution >= 0.6 is 0 Å². The molecular weight excluding hydrogens is 441 g/mol. The third-order valence-corrected chi connectivity index (χ3v) is 5.73. The molecule has 174 valence electrons. The van der Waals surface area contributed by atoms with Crippen molar-refractivity contribution in [3.63, 3.8) is 0 Å². The first kappa shape index (κ1) is 23.8. The first-order valence-corrected chi connectivity index (χ1v) is 9.91. The van der Waals surface area contributed by atoms with Crippen LogP contribution in [0, 0.1) is 16.7 Å². The summed E-state index contributed by atoms with van der Waals surface area (Å²) in [5.74, 6) is -4.74. The summed E-state index contributed by atoms with van der Waals surface area (Å²) in [7, 11) is 0. The Morgan fingerprint density at radius 3 is 2.36 bits per heavy atom. The number of benzene rings is 1. The van der Waals surface area contributed by atoms with Crippen molar-refractivity contribution in [1.82, 2.24) is 4.90 Å². The van der Waals surface area contributed by atoms with Crippen molar-refractivity contribution < 1.29 is 32.3 Å². The Bertz CT molecular complexity index is 1110. The van der Waals surface area contributed by atoms with E-state index < -0.39 is 64.6 Å². The highest BCUT2D eigenvalue weighted by atomic mass is 19.4. The maximum Gasteiger partial charge on any atom is 0.416 e. The second kappa shape index (κ2) is 8.27. The van der Waals surface area contributed by atoms with E-state index >= 15 is 0 Å². The zero-order chi connectivity index (χ0) is 24.7. The van der Waals surface area contributed by atoms with Gasteiger partial charge in [-0.2, -0.15) is 18.4 Å². The Hall–Kier alpha value is -3.81. The number of alkyl halides is 3. The van der Waals surface area contributed by atoms with Gasteiger partial charge in [0, 0.05) is 12.1 Å². The monoisotopic (exact) mass is 462 g/mol. The number of esters is 1. The van der Waals surface area contributed by atoms with Crippen LogP contribution < -0.4 is 11.5 Å². The van der Waals surface area contributed by atoms with E-state index in [1.165, 1.54) is 32.1 Å². The highest BCUT2D eigenvalue weighted by molar-refractivity contribution is 5.96. The molecule has 1 aromatic carbocycles. The van der Waals surface area contributed by atoms with E-state index in [0.29, 0.717) is 0 Å². The fourth-order valence-electron chi connectivity index (χ4n) is 4.46. The van der Waals surface area contributed by atoms with Gasteiger partial charge in [-0.15, -0.1) is 0 Å². The number of amides is 2. The fraction of sp³-hybridized carbons (Fsp3) is 0.364. The number of nitrogens with zero attached hydrogens (tertiary/aromatic N) is 2. The van der Waals surface area contributed by atoms with Crippen LogP contribution in [0.1, 0.15) is 30.9 Å². The summed E-state index contributed by atoms with van der Waals surface area (Å²) in [6, 6.07) is 3.31. The number of nitrogens with two attached hydrogens (primary N) is 2. The first-order chi connectivity index (χ1) is 15.4. The average Bonchev–Trinajstić information content (AvgIpc) is 3.03. The van der Waals surface area contributed by atoms with Crippen LogP contribution in [0.3, 0.4) is 0 Å². The molecule has 1 fully saturated rings. The largest absolute Gasteiger partial charge is 0.461 e. The highest BCUT2D eigenvalue weighted by Crippen LogP contribution is 2.55. The van der Waals surface area contributed by atoms with Gasteiger partial charge in [-0.25, -0.2) is 4.79 Å². The topological polar surface area (TPSA) is 140 Å². The Morgan fingerprint density at radius 2 is 1.85 bits per heavy atom. The number of hydrogen-bond donors (Lipinski definition) is 2. The van der Waals surface area contributed by atoms with Gasteiger partial charge in [-0.3, -0.25) is 9.59 Å². The number of rotatable bonds is 5. The molecule has 0 aliphatic carbocycles. The minimum atomic E-state index is -4.85. The van der Waals surface area contributed by atoms with Crippen molar-refractivity contribution in [3.05, 3.63) is 59.3 Å². The van der Waals surface area contributed by atoms with Gasteiger partial charge >= 0.3 is 12.1 Å². The molecule has 2 aliphatic heterocycles.